The molecule has 0 aliphatic heterocycles. The fourth-order valence-electron chi connectivity index (χ4n) is 2.26. The second-order valence-corrected chi connectivity index (χ2v) is 4.80. The van der Waals surface area contributed by atoms with E-state index in [9.17, 15) is 0 Å². The lowest BCUT2D eigenvalue weighted by molar-refractivity contribution is 0.356. The molecule has 0 radical (unpaired) electrons. The first-order valence-electron chi connectivity index (χ1n) is 6.53. The maximum Gasteiger partial charge on any atom is 0.162 e. The van der Waals surface area contributed by atoms with Gasteiger partial charge in [0, 0.05) is 25.5 Å². The molecule has 0 aliphatic rings. The Balaban J connectivity index is 2.66. The highest BCUT2D eigenvalue weighted by Gasteiger charge is 2.12. The monoisotopic (exact) mass is 275 g/mol. The zero-order valence-electron chi connectivity index (χ0n) is 12.4. The minimum absolute atomic E-state index is 0.599. The molecule has 20 heavy (non-hydrogen) atoms. The van der Waals surface area contributed by atoms with Gasteiger partial charge in [-0.15, -0.1) is 0 Å². The van der Waals surface area contributed by atoms with Gasteiger partial charge in [-0.1, -0.05) is 0 Å². The van der Waals surface area contributed by atoms with Gasteiger partial charge in [0.15, 0.2) is 11.5 Å². The second kappa shape index (κ2) is 5.96. The van der Waals surface area contributed by atoms with E-state index in [-0.39, 0.29) is 0 Å². The molecule has 5 heteroatoms. The molecule has 0 spiro atoms. The van der Waals surface area contributed by atoms with Crippen LogP contribution in [0.2, 0.25) is 0 Å². The Kier molecular flexibility index (Phi) is 4.29. The minimum atomic E-state index is 0.599. The van der Waals surface area contributed by atoms with E-state index in [0.29, 0.717) is 18.0 Å². The molecule has 2 rings (SSSR count). The summed E-state index contributed by atoms with van der Waals surface area (Å²) in [5, 5.41) is 1.02. The smallest absolute Gasteiger partial charge is 0.162 e. The number of nitrogens with zero attached hydrogens (tertiary/aromatic N) is 2. The SMILES string of the molecule is COc1cc2cc(CCN)c(N(C)C)nc2cc1OC. The van der Waals surface area contributed by atoms with Gasteiger partial charge >= 0.3 is 0 Å². The molecular formula is C15H21N3O2. The molecular weight excluding hydrogens is 254 g/mol. The molecule has 108 valence electrons. The van der Waals surface area contributed by atoms with Crippen LogP contribution >= 0.6 is 0 Å². The van der Waals surface area contributed by atoms with Gasteiger partial charge in [-0.25, -0.2) is 4.98 Å². The van der Waals surface area contributed by atoms with Gasteiger partial charge in [0.05, 0.1) is 19.7 Å². The Bertz CT molecular complexity index is 612. The molecule has 0 saturated heterocycles. The first-order chi connectivity index (χ1) is 9.60. The Hall–Kier alpha value is -2.01. The number of nitrogens with two attached hydrogens (primary N) is 1. The first-order valence-corrected chi connectivity index (χ1v) is 6.53. The van der Waals surface area contributed by atoms with E-state index < -0.39 is 0 Å². The van der Waals surface area contributed by atoms with Crippen molar-refractivity contribution < 1.29 is 9.47 Å². The summed E-state index contributed by atoms with van der Waals surface area (Å²) in [7, 11) is 7.22. The summed E-state index contributed by atoms with van der Waals surface area (Å²) in [5.41, 5.74) is 7.70. The van der Waals surface area contributed by atoms with Crippen LogP contribution in [0.25, 0.3) is 10.9 Å². The summed E-state index contributed by atoms with van der Waals surface area (Å²) in [6.45, 7) is 0.599. The van der Waals surface area contributed by atoms with Crippen LogP contribution < -0.4 is 20.1 Å². The number of fused-ring (bicyclic) bond motifs is 1. The molecule has 1 aromatic carbocycles. The Morgan fingerprint density at radius 2 is 1.75 bits per heavy atom. The van der Waals surface area contributed by atoms with Crippen molar-refractivity contribution in [1.29, 1.82) is 0 Å². The topological polar surface area (TPSA) is 60.6 Å². The molecule has 0 unspecified atom stereocenters. The van der Waals surface area contributed by atoms with Crippen molar-refractivity contribution in [3.8, 4) is 11.5 Å². The van der Waals surface area contributed by atoms with Crippen LogP contribution in [0.1, 0.15) is 5.56 Å². The zero-order chi connectivity index (χ0) is 14.7. The molecule has 1 heterocycles. The average molecular weight is 275 g/mol. The standard InChI is InChI=1S/C15H21N3O2/c1-18(2)15-10(5-6-16)7-11-8-13(19-3)14(20-4)9-12(11)17-15/h7-9H,5-6,16H2,1-4H3. The third-order valence-corrected chi connectivity index (χ3v) is 3.21. The number of ether oxygens (including phenoxy) is 2. The number of pyridine rings is 1. The van der Waals surface area contributed by atoms with Crippen molar-refractivity contribution in [2.24, 2.45) is 5.73 Å². The minimum Gasteiger partial charge on any atom is -0.493 e. The number of hydrogen-bond acceptors (Lipinski definition) is 5. The highest BCUT2D eigenvalue weighted by Crippen LogP contribution is 2.33. The molecule has 0 aliphatic carbocycles. The van der Waals surface area contributed by atoms with Crippen molar-refractivity contribution in [3.05, 3.63) is 23.8 Å². The number of methoxy groups -OCH3 is 2. The molecule has 0 fully saturated rings. The van der Waals surface area contributed by atoms with Gasteiger partial charge in [-0.2, -0.15) is 0 Å². The molecule has 0 bridgehead atoms. The third-order valence-electron chi connectivity index (χ3n) is 3.21. The molecule has 2 aromatic rings. The van der Waals surface area contributed by atoms with Crippen LogP contribution in [0, 0.1) is 0 Å². The van der Waals surface area contributed by atoms with Crippen molar-refractivity contribution >= 4 is 16.7 Å². The van der Waals surface area contributed by atoms with Crippen molar-refractivity contribution in [1.82, 2.24) is 4.98 Å². The Labute approximate surface area is 119 Å². The van der Waals surface area contributed by atoms with Crippen LogP contribution in [0.3, 0.4) is 0 Å². The number of benzene rings is 1. The van der Waals surface area contributed by atoms with E-state index in [4.69, 9.17) is 20.2 Å². The van der Waals surface area contributed by atoms with Crippen molar-refractivity contribution in [3.63, 3.8) is 0 Å². The third kappa shape index (κ3) is 2.63. The maximum absolute atomic E-state index is 5.68. The van der Waals surface area contributed by atoms with Gasteiger partial charge in [0.1, 0.15) is 5.82 Å². The van der Waals surface area contributed by atoms with E-state index in [1.54, 1.807) is 14.2 Å². The lowest BCUT2D eigenvalue weighted by Gasteiger charge is -2.18. The van der Waals surface area contributed by atoms with Crippen LogP contribution in [-0.2, 0) is 6.42 Å². The summed E-state index contributed by atoms with van der Waals surface area (Å²) < 4.78 is 10.7. The highest BCUT2D eigenvalue weighted by atomic mass is 16.5. The van der Waals surface area contributed by atoms with Crippen LogP contribution in [-0.4, -0.2) is 39.8 Å². The van der Waals surface area contributed by atoms with Gasteiger partial charge in [-0.3, -0.25) is 0 Å². The van der Waals surface area contributed by atoms with E-state index in [1.807, 2.05) is 31.1 Å². The lowest BCUT2D eigenvalue weighted by atomic mass is 10.1. The second-order valence-electron chi connectivity index (χ2n) is 4.80. The first kappa shape index (κ1) is 14.4. The molecule has 0 amide bonds. The maximum atomic E-state index is 5.68. The van der Waals surface area contributed by atoms with Crippen LogP contribution in [0.5, 0.6) is 11.5 Å². The normalized spacial score (nSPS) is 10.7. The van der Waals surface area contributed by atoms with E-state index >= 15 is 0 Å². The number of hydrogen-bond donors (Lipinski definition) is 1. The van der Waals surface area contributed by atoms with Crippen LogP contribution in [0.4, 0.5) is 5.82 Å². The number of anilines is 1. The quantitative estimate of drug-likeness (QED) is 0.902. The van der Waals surface area contributed by atoms with Crippen molar-refractivity contribution in [2.75, 3.05) is 39.8 Å². The van der Waals surface area contributed by atoms with Gasteiger partial charge < -0.3 is 20.1 Å². The van der Waals surface area contributed by atoms with Crippen LogP contribution in [0.15, 0.2) is 18.2 Å². The predicted molar refractivity (Wildman–Crippen MR) is 81.9 cm³/mol. The fourth-order valence-corrected chi connectivity index (χ4v) is 2.26. The summed E-state index contributed by atoms with van der Waals surface area (Å²) in [6, 6.07) is 5.96. The van der Waals surface area contributed by atoms with Crippen molar-refractivity contribution in [2.45, 2.75) is 6.42 Å². The zero-order valence-corrected chi connectivity index (χ0v) is 12.4. The lowest BCUT2D eigenvalue weighted by Crippen LogP contribution is -2.15. The molecule has 0 atom stereocenters. The number of aromatic nitrogens is 1. The van der Waals surface area contributed by atoms with Gasteiger partial charge in [0.25, 0.3) is 0 Å². The molecule has 5 nitrogen and oxygen atoms in total. The molecule has 1 aromatic heterocycles. The summed E-state index contributed by atoms with van der Waals surface area (Å²) in [6.07, 6.45) is 0.796. The molecule has 2 N–H and O–H groups in total. The summed E-state index contributed by atoms with van der Waals surface area (Å²) >= 11 is 0. The average Bonchev–Trinajstić information content (AvgIpc) is 2.45. The van der Waals surface area contributed by atoms with Gasteiger partial charge in [-0.05, 0) is 30.7 Å². The summed E-state index contributed by atoms with van der Waals surface area (Å²) in [4.78, 5) is 6.71. The molecule has 0 saturated carbocycles. The van der Waals surface area contributed by atoms with E-state index in [2.05, 4.69) is 6.07 Å². The van der Waals surface area contributed by atoms with Gasteiger partial charge in [0.2, 0.25) is 0 Å². The highest BCUT2D eigenvalue weighted by molar-refractivity contribution is 5.85. The van der Waals surface area contributed by atoms with E-state index in [1.165, 1.54) is 0 Å². The predicted octanol–water partition coefficient (Wildman–Crippen LogP) is 1.82. The fraction of sp³-hybridized carbons (Fsp3) is 0.400. The number of rotatable bonds is 5. The summed E-state index contributed by atoms with van der Waals surface area (Å²) in [5.74, 6) is 2.33. The Morgan fingerprint density at radius 1 is 1.10 bits per heavy atom. The largest absolute Gasteiger partial charge is 0.493 e. The Morgan fingerprint density at radius 3 is 2.30 bits per heavy atom. The van der Waals surface area contributed by atoms with E-state index in [0.717, 1.165) is 28.7 Å².